The molecular weight excluding hydrogens is 295 g/mol. The fourth-order valence-electron chi connectivity index (χ4n) is 1.31. The number of anilines is 1. The molecule has 0 amide bonds. The van der Waals surface area contributed by atoms with Crippen LogP contribution >= 0.6 is 27.5 Å². The molecule has 6 heteroatoms. The van der Waals surface area contributed by atoms with Crippen LogP contribution in [0.2, 0.25) is 5.02 Å². The molecule has 0 radical (unpaired) electrons. The number of nitrogens with two attached hydrogens (primary N) is 1. The number of nitrogen functional groups attached to an aromatic ring is 1. The second-order valence-corrected chi connectivity index (χ2v) is 4.35. The van der Waals surface area contributed by atoms with Gasteiger partial charge in [0.15, 0.2) is 11.6 Å². The first-order chi connectivity index (χ1) is 7.63. The Morgan fingerprint density at radius 1 is 1.50 bits per heavy atom. The molecule has 0 aliphatic heterocycles. The topological polar surface area (TPSA) is 61.3 Å². The van der Waals surface area contributed by atoms with Crippen molar-refractivity contribution in [2.24, 2.45) is 0 Å². The van der Waals surface area contributed by atoms with Crippen LogP contribution in [0.5, 0.6) is 5.75 Å². The zero-order chi connectivity index (χ0) is 11.7. The molecule has 2 aromatic rings. The van der Waals surface area contributed by atoms with Crippen LogP contribution < -0.4 is 10.5 Å². The smallest absolute Gasteiger partial charge is 0.191 e. The lowest BCUT2D eigenvalue weighted by Gasteiger charge is -2.06. The van der Waals surface area contributed by atoms with Crippen molar-refractivity contribution in [1.82, 2.24) is 5.16 Å². The number of ether oxygens (including phenoxy) is 1. The first kappa shape index (κ1) is 11.3. The number of nitrogens with zero attached hydrogens (tertiary/aromatic N) is 1. The van der Waals surface area contributed by atoms with Gasteiger partial charge in [-0.1, -0.05) is 32.7 Å². The number of methoxy groups -OCH3 is 1. The zero-order valence-corrected chi connectivity index (χ0v) is 10.7. The third kappa shape index (κ3) is 1.88. The Hall–Kier alpha value is -1.20. The maximum absolute atomic E-state index is 5.96. The molecule has 0 unspecified atom stereocenters. The maximum Gasteiger partial charge on any atom is 0.191 e. The number of hydrogen-bond acceptors (Lipinski definition) is 4. The summed E-state index contributed by atoms with van der Waals surface area (Å²) in [7, 11) is 1.57. The molecule has 0 fully saturated rings. The fourth-order valence-corrected chi connectivity index (χ4v) is 1.82. The lowest BCUT2D eigenvalue weighted by atomic mass is 10.1. The lowest BCUT2D eigenvalue weighted by molar-refractivity contribution is 0.407. The summed E-state index contributed by atoms with van der Waals surface area (Å²) >= 11 is 9.31. The molecule has 0 aliphatic carbocycles. The highest BCUT2D eigenvalue weighted by Gasteiger charge is 2.17. The predicted octanol–water partition coefficient (Wildman–Crippen LogP) is 3.35. The number of halogens is 2. The fraction of sp³-hybridized carbons (Fsp3) is 0.100. The third-order valence-electron chi connectivity index (χ3n) is 2.07. The van der Waals surface area contributed by atoms with E-state index in [1.807, 2.05) is 18.2 Å². The van der Waals surface area contributed by atoms with Gasteiger partial charge in [-0.15, -0.1) is 0 Å². The molecule has 84 valence electrons. The second kappa shape index (κ2) is 4.35. The molecule has 0 saturated carbocycles. The van der Waals surface area contributed by atoms with Crippen molar-refractivity contribution in [1.29, 1.82) is 0 Å². The van der Waals surface area contributed by atoms with E-state index in [0.29, 0.717) is 22.1 Å². The summed E-state index contributed by atoms with van der Waals surface area (Å²) in [6, 6.07) is 5.48. The van der Waals surface area contributed by atoms with E-state index in [9.17, 15) is 0 Å². The minimum absolute atomic E-state index is 0.168. The van der Waals surface area contributed by atoms with Crippen LogP contribution in [-0.2, 0) is 0 Å². The van der Waals surface area contributed by atoms with Crippen molar-refractivity contribution in [3.63, 3.8) is 0 Å². The number of aromatic nitrogens is 1. The normalized spacial score (nSPS) is 10.4. The third-order valence-corrected chi connectivity index (χ3v) is 2.93. The standard InChI is InChI=1S/C10H8BrClN2O2/c1-15-7-4-5(11)2-3-6(7)9-8(12)10(13)14-16-9/h2-4H,1H3,(H2,13,14). The number of rotatable bonds is 2. The Morgan fingerprint density at radius 3 is 2.81 bits per heavy atom. The molecule has 0 aliphatic rings. The summed E-state index contributed by atoms with van der Waals surface area (Å²) < 4.78 is 11.2. The molecule has 1 aromatic heterocycles. The van der Waals surface area contributed by atoms with Gasteiger partial charge in [0.1, 0.15) is 10.8 Å². The first-order valence-corrected chi connectivity index (χ1v) is 5.55. The summed E-state index contributed by atoms with van der Waals surface area (Å²) in [5.41, 5.74) is 6.22. The van der Waals surface area contributed by atoms with Crippen molar-refractivity contribution < 1.29 is 9.26 Å². The highest BCUT2D eigenvalue weighted by molar-refractivity contribution is 9.10. The van der Waals surface area contributed by atoms with E-state index in [0.717, 1.165) is 4.47 Å². The van der Waals surface area contributed by atoms with E-state index < -0.39 is 0 Å². The lowest BCUT2D eigenvalue weighted by Crippen LogP contribution is -1.88. The highest BCUT2D eigenvalue weighted by atomic mass is 79.9. The van der Waals surface area contributed by atoms with E-state index in [1.165, 1.54) is 0 Å². The molecule has 1 heterocycles. The molecule has 0 bridgehead atoms. The SMILES string of the molecule is COc1cc(Br)ccc1-c1onc(N)c1Cl. The van der Waals surface area contributed by atoms with Gasteiger partial charge in [-0.25, -0.2) is 0 Å². The summed E-state index contributed by atoms with van der Waals surface area (Å²) in [6.07, 6.45) is 0. The van der Waals surface area contributed by atoms with E-state index in [2.05, 4.69) is 21.1 Å². The minimum Gasteiger partial charge on any atom is -0.496 e. The van der Waals surface area contributed by atoms with E-state index in [4.69, 9.17) is 26.6 Å². The van der Waals surface area contributed by atoms with Gasteiger partial charge in [0, 0.05) is 4.47 Å². The van der Waals surface area contributed by atoms with Crippen LogP contribution in [0.15, 0.2) is 27.2 Å². The summed E-state index contributed by atoms with van der Waals surface area (Å²) in [4.78, 5) is 0. The number of benzene rings is 1. The van der Waals surface area contributed by atoms with Crippen molar-refractivity contribution >= 4 is 33.3 Å². The predicted molar refractivity (Wildman–Crippen MR) is 65.6 cm³/mol. The van der Waals surface area contributed by atoms with Crippen LogP contribution in [0, 0.1) is 0 Å². The average molecular weight is 304 g/mol. The van der Waals surface area contributed by atoms with Gasteiger partial charge in [-0.3, -0.25) is 0 Å². The van der Waals surface area contributed by atoms with Crippen molar-refractivity contribution in [3.8, 4) is 17.1 Å². The van der Waals surface area contributed by atoms with Gasteiger partial charge < -0.3 is 15.0 Å². The molecule has 1 aromatic carbocycles. The first-order valence-electron chi connectivity index (χ1n) is 4.38. The largest absolute Gasteiger partial charge is 0.496 e. The highest BCUT2D eigenvalue weighted by Crippen LogP contribution is 2.38. The molecule has 2 N–H and O–H groups in total. The van der Waals surface area contributed by atoms with E-state index >= 15 is 0 Å². The van der Waals surface area contributed by atoms with Gasteiger partial charge in [-0.2, -0.15) is 0 Å². The summed E-state index contributed by atoms with van der Waals surface area (Å²) in [5.74, 6) is 1.21. The van der Waals surface area contributed by atoms with Gasteiger partial charge in [0.2, 0.25) is 0 Å². The molecule has 4 nitrogen and oxygen atoms in total. The van der Waals surface area contributed by atoms with Gasteiger partial charge in [-0.05, 0) is 18.2 Å². The van der Waals surface area contributed by atoms with Crippen molar-refractivity contribution in [2.75, 3.05) is 12.8 Å². The minimum atomic E-state index is 0.168. The van der Waals surface area contributed by atoms with Crippen molar-refractivity contribution in [3.05, 3.63) is 27.7 Å². The van der Waals surface area contributed by atoms with Crippen LogP contribution in [0.1, 0.15) is 0 Å². The monoisotopic (exact) mass is 302 g/mol. The average Bonchev–Trinajstić information content (AvgIpc) is 2.60. The van der Waals surface area contributed by atoms with Crippen LogP contribution in [0.4, 0.5) is 5.82 Å². The Labute approximate surface area is 105 Å². The summed E-state index contributed by atoms with van der Waals surface area (Å²) in [6.45, 7) is 0. The Kier molecular flexibility index (Phi) is 3.07. The van der Waals surface area contributed by atoms with E-state index in [1.54, 1.807) is 7.11 Å². The molecule has 16 heavy (non-hydrogen) atoms. The zero-order valence-electron chi connectivity index (χ0n) is 8.33. The molecular formula is C10H8BrClN2O2. The van der Waals surface area contributed by atoms with E-state index in [-0.39, 0.29) is 5.82 Å². The Balaban J connectivity index is 2.59. The molecule has 2 rings (SSSR count). The Bertz CT molecular complexity index is 528. The van der Waals surface area contributed by atoms with Gasteiger partial charge >= 0.3 is 0 Å². The number of hydrogen-bond donors (Lipinski definition) is 1. The molecule has 0 spiro atoms. The van der Waals surface area contributed by atoms with Crippen LogP contribution in [-0.4, -0.2) is 12.3 Å². The maximum atomic E-state index is 5.96. The molecule has 0 saturated heterocycles. The second-order valence-electron chi connectivity index (χ2n) is 3.06. The van der Waals surface area contributed by atoms with Crippen molar-refractivity contribution in [2.45, 2.75) is 0 Å². The van der Waals surface area contributed by atoms with Gasteiger partial charge in [0.25, 0.3) is 0 Å². The quantitative estimate of drug-likeness (QED) is 0.924. The summed E-state index contributed by atoms with van der Waals surface area (Å²) in [5, 5.41) is 3.89. The molecule has 0 atom stereocenters. The van der Waals surface area contributed by atoms with Gasteiger partial charge in [0.05, 0.1) is 12.7 Å². The Morgan fingerprint density at radius 2 is 2.25 bits per heavy atom. The van der Waals surface area contributed by atoms with Crippen LogP contribution in [0.3, 0.4) is 0 Å². The van der Waals surface area contributed by atoms with Crippen LogP contribution in [0.25, 0.3) is 11.3 Å².